The Kier molecular flexibility index (Phi) is 52.3. The molecule has 2 unspecified atom stereocenters. The van der Waals surface area contributed by atoms with E-state index in [0.29, 0.717) is 17.4 Å². The van der Waals surface area contributed by atoms with E-state index < -0.39 is 24.3 Å². The van der Waals surface area contributed by atoms with Crippen LogP contribution in [0.3, 0.4) is 0 Å². The lowest BCUT2D eigenvalue weighted by Crippen LogP contribution is -2.40. The Morgan fingerprint density at radius 3 is 1.15 bits per heavy atom. The quantitative estimate of drug-likeness (QED) is 0.0211. The topological polar surface area (TPSA) is 108 Å². The van der Waals surface area contributed by atoms with Crippen molar-refractivity contribution in [2.45, 2.75) is 219 Å². The van der Waals surface area contributed by atoms with Crippen molar-refractivity contribution in [1.82, 2.24) is 0 Å². The summed E-state index contributed by atoms with van der Waals surface area (Å²) in [7, 11) is 5.94. The Labute approximate surface area is 459 Å². The number of carboxylic acids is 1. The number of allylic oxidation sites excluding steroid dienone is 22. The first kappa shape index (κ1) is 70.4. The Bertz CT molecular complexity index is 1690. The lowest BCUT2D eigenvalue weighted by molar-refractivity contribution is -0.870. The summed E-state index contributed by atoms with van der Waals surface area (Å²) in [4.78, 5) is 37.4. The number of quaternary nitrogens is 1. The lowest BCUT2D eigenvalue weighted by Gasteiger charge is -2.25. The minimum atomic E-state index is -1.53. The molecule has 424 valence electrons. The number of ether oxygens (including phenoxy) is 4. The molecule has 0 aromatic carbocycles. The van der Waals surface area contributed by atoms with E-state index in [2.05, 4.69) is 148 Å². The summed E-state index contributed by atoms with van der Waals surface area (Å²) in [6, 6.07) is 0. The molecule has 2 atom stereocenters. The highest BCUT2D eigenvalue weighted by atomic mass is 16.7. The molecule has 1 N–H and O–H groups in total. The van der Waals surface area contributed by atoms with Crippen LogP contribution in [-0.2, 0) is 33.3 Å². The van der Waals surface area contributed by atoms with E-state index in [9.17, 15) is 19.5 Å². The molecule has 0 bridgehead atoms. The first-order valence-electron chi connectivity index (χ1n) is 29.3. The largest absolute Gasteiger partial charge is 0.477 e. The third kappa shape index (κ3) is 57.0. The highest BCUT2D eigenvalue weighted by Crippen LogP contribution is 2.13. The zero-order valence-corrected chi connectivity index (χ0v) is 48.2. The summed E-state index contributed by atoms with van der Waals surface area (Å²) in [5, 5.41) is 9.69. The molecule has 0 aromatic rings. The molecule has 0 fully saturated rings. The molecule has 0 saturated heterocycles. The van der Waals surface area contributed by atoms with Crippen molar-refractivity contribution in [2.75, 3.05) is 47.5 Å². The summed E-state index contributed by atoms with van der Waals surface area (Å²) in [5.41, 5.74) is 0. The van der Waals surface area contributed by atoms with E-state index in [1.807, 2.05) is 21.1 Å². The Morgan fingerprint density at radius 1 is 0.413 bits per heavy atom. The van der Waals surface area contributed by atoms with Crippen LogP contribution in [0, 0.1) is 0 Å². The summed E-state index contributed by atoms with van der Waals surface area (Å²) < 4.78 is 22.8. The SMILES string of the molecule is CC/C=C\C/C=C\C/C=C\C/C=C\C/C=C\C/C=C\C/C=C\C/C=C\C/C=C\C/C=C\CCCCCCC(=O)OC(COC(=O)CCCCCCC/C=C\CCCCCCCC)COC(OCC[N+](C)(C)C)C(=O)O. The van der Waals surface area contributed by atoms with Crippen molar-refractivity contribution in [2.24, 2.45) is 0 Å². The smallest absolute Gasteiger partial charge is 0.361 e. The molecule has 0 aliphatic rings. The van der Waals surface area contributed by atoms with Crippen molar-refractivity contribution in [3.05, 3.63) is 134 Å². The van der Waals surface area contributed by atoms with Crippen LogP contribution in [0.2, 0.25) is 0 Å². The number of nitrogens with zero attached hydrogens (tertiary/aromatic N) is 1. The zero-order valence-electron chi connectivity index (χ0n) is 48.2. The fourth-order valence-electron chi connectivity index (χ4n) is 7.39. The van der Waals surface area contributed by atoms with Gasteiger partial charge in [0.05, 0.1) is 34.4 Å². The van der Waals surface area contributed by atoms with Gasteiger partial charge >= 0.3 is 17.9 Å². The predicted octanol–water partition coefficient (Wildman–Crippen LogP) is 17.5. The number of likely N-dealkylation sites (N-methyl/N-ethyl adjacent to an activating group) is 1. The van der Waals surface area contributed by atoms with Crippen LogP contribution in [0.15, 0.2) is 134 Å². The molecule has 0 aliphatic carbocycles. The van der Waals surface area contributed by atoms with Gasteiger partial charge in [0, 0.05) is 12.8 Å². The van der Waals surface area contributed by atoms with Crippen molar-refractivity contribution in [1.29, 1.82) is 0 Å². The molecule has 9 heteroatoms. The molecule has 0 aliphatic heterocycles. The maximum atomic E-state index is 12.9. The lowest BCUT2D eigenvalue weighted by atomic mass is 10.1. The number of hydrogen-bond acceptors (Lipinski definition) is 7. The summed E-state index contributed by atoms with van der Waals surface area (Å²) in [6.07, 6.45) is 76.7. The number of unbranched alkanes of at least 4 members (excludes halogenated alkanes) is 15. The predicted molar refractivity (Wildman–Crippen MR) is 317 cm³/mol. The van der Waals surface area contributed by atoms with Crippen LogP contribution < -0.4 is 0 Å². The second-order valence-electron chi connectivity index (χ2n) is 20.2. The Balaban J connectivity index is 4.31. The number of aliphatic carboxylic acids is 1. The van der Waals surface area contributed by atoms with Crippen LogP contribution in [-0.4, -0.2) is 87.4 Å². The fourth-order valence-corrected chi connectivity index (χ4v) is 7.39. The molecule has 0 radical (unpaired) electrons. The van der Waals surface area contributed by atoms with E-state index in [-0.39, 0.29) is 38.6 Å². The first-order valence-corrected chi connectivity index (χ1v) is 29.3. The van der Waals surface area contributed by atoms with Crippen molar-refractivity contribution in [3.8, 4) is 0 Å². The molecule has 0 aromatic heterocycles. The normalized spacial score (nSPS) is 13.8. The molecular formula is C66H108NO8+. The van der Waals surface area contributed by atoms with E-state index in [4.69, 9.17) is 18.9 Å². The Hall–Kier alpha value is -4.57. The second-order valence-corrected chi connectivity index (χ2v) is 20.2. The van der Waals surface area contributed by atoms with E-state index in [1.54, 1.807) is 0 Å². The van der Waals surface area contributed by atoms with Gasteiger partial charge in [-0.05, 0) is 116 Å². The third-order valence-corrected chi connectivity index (χ3v) is 11.9. The van der Waals surface area contributed by atoms with Crippen LogP contribution in [0.5, 0.6) is 0 Å². The minimum absolute atomic E-state index is 0.174. The van der Waals surface area contributed by atoms with Gasteiger partial charge in [-0.25, -0.2) is 4.79 Å². The molecule has 0 spiro atoms. The molecular weight excluding hydrogens is 935 g/mol. The third-order valence-electron chi connectivity index (χ3n) is 11.9. The van der Waals surface area contributed by atoms with Crippen LogP contribution >= 0.6 is 0 Å². The van der Waals surface area contributed by atoms with Gasteiger partial charge < -0.3 is 28.5 Å². The maximum absolute atomic E-state index is 12.9. The zero-order chi connectivity index (χ0) is 54.8. The van der Waals surface area contributed by atoms with Gasteiger partial charge in [-0.1, -0.05) is 212 Å². The van der Waals surface area contributed by atoms with Gasteiger partial charge in [-0.15, -0.1) is 0 Å². The summed E-state index contributed by atoms with van der Waals surface area (Å²) in [5.74, 6) is -2.07. The summed E-state index contributed by atoms with van der Waals surface area (Å²) >= 11 is 0. The van der Waals surface area contributed by atoms with Crippen LogP contribution in [0.1, 0.15) is 206 Å². The van der Waals surface area contributed by atoms with E-state index >= 15 is 0 Å². The van der Waals surface area contributed by atoms with Crippen LogP contribution in [0.25, 0.3) is 0 Å². The van der Waals surface area contributed by atoms with Gasteiger partial charge in [-0.3, -0.25) is 9.59 Å². The molecule has 75 heavy (non-hydrogen) atoms. The number of carbonyl (C=O) groups is 3. The average Bonchev–Trinajstić information content (AvgIpc) is 3.38. The molecule has 0 heterocycles. The average molecular weight is 1040 g/mol. The number of esters is 2. The monoisotopic (exact) mass is 1040 g/mol. The van der Waals surface area contributed by atoms with Gasteiger partial charge in [-0.2, -0.15) is 0 Å². The molecule has 0 amide bonds. The highest BCUT2D eigenvalue weighted by Gasteiger charge is 2.25. The number of carbonyl (C=O) groups excluding carboxylic acids is 2. The van der Waals surface area contributed by atoms with Crippen molar-refractivity contribution >= 4 is 17.9 Å². The second kappa shape index (κ2) is 55.7. The van der Waals surface area contributed by atoms with Crippen molar-refractivity contribution in [3.63, 3.8) is 0 Å². The molecule has 0 rings (SSSR count). The van der Waals surface area contributed by atoms with Gasteiger partial charge in [0.15, 0.2) is 6.10 Å². The Morgan fingerprint density at radius 2 is 0.760 bits per heavy atom. The number of carboxylic acid groups (broad SMARTS) is 1. The van der Waals surface area contributed by atoms with Gasteiger partial charge in [0.1, 0.15) is 13.2 Å². The van der Waals surface area contributed by atoms with E-state index in [1.165, 1.54) is 44.9 Å². The summed E-state index contributed by atoms with van der Waals surface area (Å²) in [6.45, 7) is 4.69. The number of rotatable bonds is 52. The first-order chi connectivity index (χ1) is 36.6. The van der Waals surface area contributed by atoms with E-state index in [0.717, 1.165) is 128 Å². The standard InChI is InChI=1S/C66H107NO8/c1-6-8-10-12-14-16-18-20-22-23-24-25-26-27-28-29-30-31-32-33-34-35-36-37-38-39-40-41-43-45-47-49-51-53-55-57-64(69)75-62(61-74-66(65(70)71)72-59-58-67(3,4)5)60-73-63(68)56-54-52-50-48-46-44-42-21-19-17-15-13-11-9-7-2/h8,10,14,16,20-22,24-25,27-28,30-31,33-34,36-37,39-40,42-43,45,62,66H,6-7,9,11-13,15,17-19,23,26,29,32,35,38,41,44,46-61H2,1-5H3/p+1/b10-8-,16-14-,22-20-,25-24-,28-27-,31-30-,34-33-,37-36-,40-39-,42-21-,45-43-. The molecule has 0 saturated carbocycles. The van der Waals surface area contributed by atoms with Gasteiger partial charge in [0.25, 0.3) is 6.29 Å². The fraction of sp³-hybridized carbons (Fsp3) is 0.621. The highest BCUT2D eigenvalue weighted by molar-refractivity contribution is 5.71. The van der Waals surface area contributed by atoms with Gasteiger partial charge in [0.2, 0.25) is 0 Å². The van der Waals surface area contributed by atoms with Crippen LogP contribution in [0.4, 0.5) is 0 Å². The number of hydrogen-bond donors (Lipinski definition) is 1. The van der Waals surface area contributed by atoms with Crippen molar-refractivity contribution < 1.29 is 42.9 Å². The minimum Gasteiger partial charge on any atom is -0.477 e. The maximum Gasteiger partial charge on any atom is 0.361 e. The molecule has 9 nitrogen and oxygen atoms in total.